The first-order valence-electron chi connectivity index (χ1n) is 5.85. The van der Waals surface area contributed by atoms with Crippen molar-refractivity contribution in [1.29, 1.82) is 0 Å². The summed E-state index contributed by atoms with van der Waals surface area (Å²) in [6.07, 6.45) is -21.4. The van der Waals surface area contributed by atoms with Crippen LogP contribution in [0.4, 0.5) is 48.3 Å². The molecule has 0 N–H and O–H groups in total. The van der Waals surface area contributed by atoms with E-state index in [1.807, 2.05) is 0 Å². The molecule has 1 atom stereocenters. The monoisotopic (exact) mass is 382 g/mol. The average molecular weight is 382 g/mol. The number of allylic oxidation sites excluding steroid dienone is 1. The first-order chi connectivity index (χ1) is 10.4. The van der Waals surface area contributed by atoms with Gasteiger partial charge in [-0.2, -0.15) is 43.9 Å². The third-order valence-corrected chi connectivity index (χ3v) is 2.65. The van der Waals surface area contributed by atoms with Gasteiger partial charge in [0.05, 0.1) is 0 Å². The lowest BCUT2D eigenvalue weighted by molar-refractivity contribution is -0.460. The fraction of sp³-hybridized carbons (Fsp3) is 0.727. The Hall–Kier alpha value is -1.56. The van der Waals surface area contributed by atoms with Crippen LogP contribution in [0, 0.1) is 0 Å². The second-order valence-electron chi connectivity index (χ2n) is 4.43. The Morgan fingerprint density at radius 1 is 0.833 bits per heavy atom. The van der Waals surface area contributed by atoms with E-state index in [0.29, 0.717) is 6.92 Å². The number of esters is 1. The van der Waals surface area contributed by atoms with Gasteiger partial charge in [-0.05, 0) is 13.3 Å². The van der Waals surface area contributed by atoms with Crippen molar-refractivity contribution >= 4 is 5.97 Å². The molecule has 0 saturated heterocycles. The zero-order valence-corrected chi connectivity index (χ0v) is 11.8. The van der Waals surface area contributed by atoms with Gasteiger partial charge in [-0.1, -0.05) is 13.0 Å². The van der Waals surface area contributed by atoms with Crippen LogP contribution in [0.5, 0.6) is 0 Å². The van der Waals surface area contributed by atoms with Crippen LogP contribution in [0.3, 0.4) is 0 Å². The largest absolute Gasteiger partial charge is 0.464 e. The smallest absolute Gasteiger partial charge is 0.413 e. The van der Waals surface area contributed by atoms with E-state index in [1.165, 1.54) is 6.92 Å². The van der Waals surface area contributed by atoms with Crippen molar-refractivity contribution in [2.45, 2.75) is 50.3 Å². The van der Waals surface area contributed by atoms with Crippen molar-refractivity contribution in [3.05, 3.63) is 11.6 Å². The van der Waals surface area contributed by atoms with Crippen molar-refractivity contribution in [1.82, 2.24) is 0 Å². The second kappa shape index (κ2) is 6.39. The highest BCUT2D eigenvalue weighted by molar-refractivity contribution is 5.88. The Morgan fingerprint density at radius 3 is 1.46 bits per heavy atom. The summed E-state index contributed by atoms with van der Waals surface area (Å²) in [6.45, 7) is 1.91. The van der Waals surface area contributed by atoms with Gasteiger partial charge >= 0.3 is 36.0 Å². The zero-order valence-electron chi connectivity index (χ0n) is 11.8. The van der Waals surface area contributed by atoms with E-state index in [1.54, 1.807) is 0 Å². The van der Waals surface area contributed by atoms with Crippen LogP contribution in [0.25, 0.3) is 0 Å². The van der Waals surface area contributed by atoms with Crippen LogP contribution >= 0.6 is 0 Å². The van der Waals surface area contributed by atoms with E-state index < -0.39 is 41.6 Å². The van der Waals surface area contributed by atoms with Crippen LogP contribution in [0.2, 0.25) is 0 Å². The summed E-state index contributed by atoms with van der Waals surface area (Å²) < 4.78 is 142. The van der Waals surface area contributed by atoms with Crippen molar-refractivity contribution in [3.8, 4) is 0 Å². The number of halogens is 11. The van der Waals surface area contributed by atoms with E-state index in [0.717, 1.165) is 6.08 Å². The van der Waals surface area contributed by atoms with Gasteiger partial charge in [-0.15, -0.1) is 0 Å². The zero-order chi connectivity index (χ0) is 19.8. The van der Waals surface area contributed by atoms with Gasteiger partial charge in [0.25, 0.3) is 0 Å². The molecule has 0 aromatic heterocycles. The van der Waals surface area contributed by atoms with Gasteiger partial charge in [0.1, 0.15) is 0 Å². The Labute approximate surface area is 127 Å². The van der Waals surface area contributed by atoms with Crippen LogP contribution in [0.1, 0.15) is 20.3 Å². The molecule has 0 spiro atoms. The quantitative estimate of drug-likeness (QED) is 0.391. The van der Waals surface area contributed by atoms with Gasteiger partial charge in [0.15, 0.2) is 0 Å². The number of hydrogen-bond donors (Lipinski definition) is 0. The molecule has 0 bridgehead atoms. The minimum atomic E-state index is -7.53. The minimum absolute atomic E-state index is 0.106. The molecular formula is C11H9F11O2. The maximum Gasteiger partial charge on any atom is 0.464 e. The molecular weight excluding hydrogens is 373 g/mol. The third kappa shape index (κ3) is 3.58. The maximum absolute atomic E-state index is 13.8. The third-order valence-electron chi connectivity index (χ3n) is 2.65. The Kier molecular flexibility index (Phi) is 5.97. The molecule has 0 heterocycles. The number of carbonyl (C=O) groups excluding carboxylic acids is 1. The van der Waals surface area contributed by atoms with E-state index in [4.69, 9.17) is 0 Å². The summed E-state index contributed by atoms with van der Waals surface area (Å²) in [5.74, 6) is -9.58. The normalized spacial score (nSPS) is 17.5. The van der Waals surface area contributed by atoms with Gasteiger partial charge in [-0.25, -0.2) is 9.18 Å². The highest BCUT2D eigenvalue weighted by Crippen LogP contribution is 2.59. The van der Waals surface area contributed by atoms with E-state index >= 15 is 0 Å². The Morgan fingerprint density at radius 2 is 1.21 bits per heavy atom. The molecule has 13 heteroatoms. The first-order valence-corrected chi connectivity index (χ1v) is 5.85. The van der Waals surface area contributed by atoms with Crippen LogP contribution in [-0.2, 0) is 9.53 Å². The molecule has 0 aliphatic rings. The summed E-state index contributed by atoms with van der Waals surface area (Å²) in [5.41, 5.74) is -8.48. The molecule has 142 valence electrons. The molecule has 0 aliphatic carbocycles. The maximum atomic E-state index is 13.8. The van der Waals surface area contributed by atoms with Gasteiger partial charge in [0, 0.05) is 5.57 Å². The number of alkyl halides is 11. The summed E-state index contributed by atoms with van der Waals surface area (Å²) in [6, 6.07) is 0. The number of rotatable bonds is 4. The molecule has 0 aromatic carbocycles. The van der Waals surface area contributed by atoms with Crippen molar-refractivity contribution in [2.24, 2.45) is 0 Å². The Bertz CT molecular complexity index is 486. The molecule has 1 unspecified atom stereocenters. The van der Waals surface area contributed by atoms with E-state index in [-0.39, 0.29) is 6.42 Å². The lowest BCUT2D eigenvalue weighted by Gasteiger charge is -2.40. The predicted molar refractivity (Wildman–Crippen MR) is 56.0 cm³/mol. The van der Waals surface area contributed by atoms with Crippen molar-refractivity contribution in [2.75, 3.05) is 0 Å². The van der Waals surface area contributed by atoms with Gasteiger partial charge < -0.3 is 4.74 Å². The van der Waals surface area contributed by atoms with Gasteiger partial charge in [0.2, 0.25) is 0 Å². The van der Waals surface area contributed by atoms with Crippen LogP contribution in [-0.4, -0.2) is 36.0 Å². The molecule has 0 fully saturated rings. The van der Waals surface area contributed by atoms with Crippen LogP contribution in [0.15, 0.2) is 11.6 Å². The lowest BCUT2D eigenvalue weighted by atomic mass is 9.93. The molecule has 0 aliphatic heterocycles. The summed E-state index contributed by atoms with van der Waals surface area (Å²) >= 11 is 0. The molecule has 0 amide bonds. The van der Waals surface area contributed by atoms with E-state index in [9.17, 15) is 53.1 Å². The SMILES string of the molecule is CCC=C(C)C(=O)OC(F)(C(F)(F)F)C(F)(C(F)(F)F)C(F)(F)F. The molecule has 0 saturated carbocycles. The average Bonchev–Trinajstić information content (AvgIpc) is 2.33. The predicted octanol–water partition coefficient (Wildman–Crippen LogP) is 4.95. The fourth-order valence-corrected chi connectivity index (χ4v) is 1.45. The fourth-order valence-electron chi connectivity index (χ4n) is 1.45. The standard InChI is InChI=1S/C11H9F11O2/c1-3-4-5(2)6(23)24-8(13,11(20,21)22)7(12,9(14,15)16)10(17,18)19/h4H,3H2,1-2H3. The van der Waals surface area contributed by atoms with Crippen LogP contribution < -0.4 is 0 Å². The summed E-state index contributed by atoms with van der Waals surface area (Å²) in [7, 11) is 0. The molecule has 24 heavy (non-hydrogen) atoms. The topological polar surface area (TPSA) is 26.3 Å². The minimum Gasteiger partial charge on any atom is -0.413 e. The summed E-state index contributed by atoms with van der Waals surface area (Å²) in [4.78, 5) is 11.2. The van der Waals surface area contributed by atoms with Crippen molar-refractivity contribution in [3.63, 3.8) is 0 Å². The summed E-state index contributed by atoms with van der Waals surface area (Å²) in [5, 5.41) is 0. The Balaban J connectivity index is 6.47. The second-order valence-corrected chi connectivity index (χ2v) is 4.43. The van der Waals surface area contributed by atoms with Crippen molar-refractivity contribution < 1.29 is 57.8 Å². The van der Waals surface area contributed by atoms with Gasteiger partial charge in [-0.3, -0.25) is 0 Å². The number of hydrogen-bond acceptors (Lipinski definition) is 2. The molecule has 0 radical (unpaired) electrons. The highest BCUT2D eigenvalue weighted by atomic mass is 19.4. The highest BCUT2D eigenvalue weighted by Gasteiger charge is 2.92. The molecule has 2 nitrogen and oxygen atoms in total. The molecule has 0 aromatic rings. The number of ether oxygens (including phenoxy) is 1. The van der Waals surface area contributed by atoms with E-state index in [2.05, 4.69) is 4.74 Å². The first kappa shape index (κ1) is 22.4. The lowest BCUT2D eigenvalue weighted by Crippen LogP contribution is -2.72. The number of carbonyl (C=O) groups is 1. The molecule has 0 rings (SSSR count).